The van der Waals surface area contributed by atoms with E-state index < -0.39 is 4.92 Å². The molecule has 0 saturated heterocycles. The minimum atomic E-state index is -0.415. The number of hydrogen-bond acceptors (Lipinski definition) is 2. The average molecular weight is 279 g/mol. The van der Waals surface area contributed by atoms with E-state index in [1.165, 1.54) is 6.07 Å². The monoisotopic (exact) mass is 278 g/mol. The normalized spacial score (nSPS) is 9.76. The van der Waals surface area contributed by atoms with E-state index in [2.05, 4.69) is 12.2 Å². The lowest BCUT2D eigenvalue weighted by atomic mass is 10.2. The van der Waals surface area contributed by atoms with Gasteiger partial charge in [0.15, 0.2) is 0 Å². The SMILES string of the molecule is CCCC[NH2+]Cc1cc(Cl)cc([N+](=O)[O-])c1.[Cl-]. The summed E-state index contributed by atoms with van der Waals surface area (Å²) in [5, 5.41) is 13.2. The van der Waals surface area contributed by atoms with Crippen molar-refractivity contribution in [3.05, 3.63) is 38.9 Å². The third-order valence-electron chi connectivity index (χ3n) is 2.29. The zero-order chi connectivity index (χ0) is 12.0. The van der Waals surface area contributed by atoms with E-state index in [1.807, 2.05) is 0 Å². The molecule has 1 aromatic carbocycles. The summed E-state index contributed by atoms with van der Waals surface area (Å²) in [5.74, 6) is 0. The lowest BCUT2D eigenvalue weighted by Gasteiger charge is -2.02. The van der Waals surface area contributed by atoms with Crippen molar-refractivity contribution in [3.8, 4) is 0 Å². The number of nitro groups is 1. The van der Waals surface area contributed by atoms with Crippen LogP contribution >= 0.6 is 11.6 Å². The molecule has 0 bridgehead atoms. The summed E-state index contributed by atoms with van der Waals surface area (Å²) in [6, 6.07) is 4.72. The van der Waals surface area contributed by atoms with Crippen LogP contribution < -0.4 is 17.7 Å². The minimum Gasteiger partial charge on any atom is -1.00 e. The van der Waals surface area contributed by atoms with Gasteiger partial charge in [-0.1, -0.05) is 24.9 Å². The van der Waals surface area contributed by atoms with Crippen molar-refractivity contribution < 1.29 is 22.6 Å². The van der Waals surface area contributed by atoms with Crippen LogP contribution in [-0.4, -0.2) is 11.5 Å². The first-order valence-electron chi connectivity index (χ1n) is 5.39. The molecule has 0 heterocycles. The largest absolute Gasteiger partial charge is 1.00 e. The molecule has 0 saturated carbocycles. The number of nitrogens with two attached hydrogens (primary N) is 1. The Morgan fingerprint density at radius 3 is 2.71 bits per heavy atom. The number of quaternary nitrogens is 1. The van der Waals surface area contributed by atoms with Gasteiger partial charge >= 0.3 is 0 Å². The summed E-state index contributed by atoms with van der Waals surface area (Å²) in [6.07, 6.45) is 2.31. The summed E-state index contributed by atoms with van der Waals surface area (Å²) >= 11 is 5.82. The second-order valence-electron chi connectivity index (χ2n) is 3.71. The van der Waals surface area contributed by atoms with E-state index in [0.29, 0.717) is 5.02 Å². The zero-order valence-electron chi connectivity index (χ0n) is 9.66. The number of hydrogen-bond donors (Lipinski definition) is 1. The van der Waals surface area contributed by atoms with Crippen LogP contribution in [0.25, 0.3) is 0 Å². The molecule has 17 heavy (non-hydrogen) atoms. The molecule has 0 aliphatic carbocycles. The molecular formula is C11H16Cl2N2O2. The summed E-state index contributed by atoms with van der Waals surface area (Å²) in [6.45, 7) is 3.91. The van der Waals surface area contributed by atoms with Crippen molar-refractivity contribution in [1.29, 1.82) is 0 Å². The Kier molecular flexibility index (Phi) is 7.87. The molecule has 0 radical (unpaired) electrons. The van der Waals surface area contributed by atoms with Crippen LogP contribution in [0.5, 0.6) is 0 Å². The maximum atomic E-state index is 10.6. The molecule has 2 N–H and O–H groups in total. The zero-order valence-corrected chi connectivity index (χ0v) is 11.2. The lowest BCUT2D eigenvalue weighted by Crippen LogP contribution is -3.00. The molecule has 1 rings (SSSR count). The van der Waals surface area contributed by atoms with E-state index in [4.69, 9.17) is 11.6 Å². The number of rotatable bonds is 6. The summed E-state index contributed by atoms with van der Waals surface area (Å²) in [5.41, 5.74) is 0.960. The molecule has 0 spiro atoms. The van der Waals surface area contributed by atoms with Crippen LogP contribution in [0.3, 0.4) is 0 Å². The molecule has 96 valence electrons. The molecule has 0 atom stereocenters. The van der Waals surface area contributed by atoms with Gasteiger partial charge in [-0.3, -0.25) is 10.1 Å². The van der Waals surface area contributed by atoms with Gasteiger partial charge in [-0.05, 0) is 12.5 Å². The third kappa shape index (κ3) is 5.86. The van der Waals surface area contributed by atoms with Crippen molar-refractivity contribution in [1.82, 2.24) is 0 Å². The topological polar surface area (TPSA) is 59.8 Å². The maximum absolute atomic E-state index is 10.6. The van der Waals surface area contributed by atoms with Crippen LogP contribution in [0.2, 0.25) is 5.02 Å². The summed E-state index contributed by atoms with van der Waals surface area (Å²) in [4.78, 5) is 10.2. The molecule has 0 unspecified atom stereocenters. The van der Waals surface area contributed by atoms with Crippen LogP contribution in [0, 0.1) is 10.1 Å². The van der Waals surface area contributed by atoms with Crippen LogP contribution in [0.1, 0.15) is 25.3 Å². The quantitative estimate of drug-likeness (QED) is 0.417. The highest BCUT2D eigenvalue weighted by Gasteiger charge is 2.09. The van der Waals surface area contributed by atoms with Gasteiger partial charge in [-0.2, -0.15) is 0 Å². The number of nitrogens with zero attached hydrogens (tertiary/aromatic N) is 1. The van der Waals surface area contributed by atoms with Crippen LogP contribution in [0.15, 0.2) is 18.2 Å². The van der Waals surface area contributed by atoms with Crippen molar-refractivity contribution in [2.45, 2.75) is 26.3 Å². The van der Waals surface area contributed by atoms with Gasteiger partial charge in [-0.15, -0.1) is 0 Å². The van der Waals surface area contributed by atoms with Crippen molar-refractivity contribution in [3.63, 3.8) is 0 Å². The van der Waals surface area contributed by atoms with Crippen molar-refractivity contribution >= 4 is 17.3 Å². The number of unbranched alkanes of at least 4 members (excludes halogenated alkanes) is 1. The predicted octanol–water partition coefficient (Wildman–Crippen LogP) is -0.884. The number of nitro benzene ring substituents is 1. The maximum Gasteiger partial charge on any atom is 0.271 e. The fourth-order valence-electron chi connectivity index (χ4n) is 1.47. The molecule has 0 aliphatic heterocycles. The molecule has 0 aliphatic rings. The highest BCUT2D eigenvalue weighted by atomic mass is 35.5. The molecule has 0 aromatic heterocycles. The second-order valence-corrected chi connectivity index (χ2v) is 4.15. The number of halogens is 2. The Hall–Kier alpha value is -0.840. The highest BCUT2D eigenvalue weighted by molar-refractivity contribution is 6.30. The van der Waals surface area contributed by atoms with Crippen molar-refractivity contribution in [2.24, 2.45) is 0 Å². The smallest absolute Gasteiger partial charge is 0.271 e. The summed E-state index contributed by atoms with van der Waals surface area (Å²) in [7, 11) is 0. The van der Waals surface area contributed by atoms with E-state index in [1.54, 1.807) is 12.1 Å². The molecule has 0 amide bonds. The van der Waals surface area contributed by atoms with Crippen LogP contribution in [0.4, 0.5) is 5.69 Å². The molecule has 4 nitrogen and oxygen atoms in total. The van der Waals surface area contributed by atoms with E-state index in [9.17, 15) is 10.1 Å². The minimum absolute atomic E-state index is 0. The Morgan fingerprint density at radius 1 is 1.41 bits per heavy atom. The predicted molar refractivity (Wildman–Crippen MR) is 63.5 cm³/mol. The van der Waals surface area contributed by atoms with Gasteiger partial charge in [0.05, 0.1) is 11.5 Å². The van der Waals surface area contributed by atoms with E-state index in [0.717, 1.165) is 31.5 Å². The van der Waals surface area contributed by atoms with Gasteiger partial charge in [0.25, 0.3) is 5.69 Å². The average Bonchev–Trinajstić information content (AvgIpc) is 2.23. The molecular weight excluding hydrogens is 263 g/mol. The Morgan fingerprint density at radius 2 is 2.12 bits per heavy atom. The Labute approximate surface area is 112 Å². The third-order valence-corrected chi connectivity index (χ3v) is 2.51. The number of non-ortho nitro benzene ring substituents is 1. The second kappa shape index (κ2) is 8.28. The first-order valence-corrected chi connectivity index (χ1v) is 5.76. The van der Waals surface area contributed by atoms with Gasteiger partial charge in [-0.25, -0.2) is 0 Å². The first-order chi connectivity index (χ1) is 7.63. The first kappa shape index (κ1) is 16.2. The van der Waals surface area contributed by atoms with E-state index in [-0.39, 0.29) is 18.1 Å². The van der Waals surface area contributed by atoms with Gasteiger partial charge in [0.1, 0.15) is 6.54 Å². The van der Waals surface area contributed by atoms with Gasteiger partial charge in [0, 0.05) is 22.7 Å². The van der Waals surface area contributed by atoms with E-state index >= 15 is 0 Å². The van der Waals surface area contributed by atoms with Crippen molar-refractivity contribution in [2.75, 3.05) is 6.54 Å². The Balaban J connectivity index is 0.00000256. The molecule has 6 heteroatoms. The highest BCUT2D eigenvalue weighted by Crippen LogP contribution is 2.20. The van der Waals surface area contributed by atoms with Crippen LogP contribution in [-0.2, 0) is 6.54 Å². The lowest BCUT2D eigenvalue weighted by molar-refractivity contribution is -0.670. The fraction of sp³-hybridized carbons (Fsp3) is 0.455. The molecule has 0 fully saturated rings. The summed E-state index contributed by atoms with van der Waals surface area (Å²) < 4.78 is 0. The Bertz CT molecular complexity index is 372. The standard InChI is InChI=1S/C11H15ClN2O2.ClH/c1-2-3-4-13-8-9-5-10(12)7-11(6-9)14(15)16;/h5-7,13H,2-4,8H2,1H3;1H. The molecule has 1 aromatic rings. The van der Waals surface area contributed by atoms with Gasteiger partial charge in [0.2, 0.25) is 0 Å². The fourth-order valence-corrected chi connectivity index (χ4v) is 1.73. The van der Waals surface area contributed by atoms with Gasteiger partial charge < -0.3 is 17.7 Å². The number of benzene rings is 1.